The van der Waals surface area contributed by atoms with Crippen LogP contribution in [0.3, 0.4) is 0 Å². The number of nitrogens with zero attached hydrogens (tertiary/aromatic N) is 1. The highest BCUT2D eigenvalue weighted by molar-refractivity contribution is 6.25. The van der Waals surface area contributed by atoms with E-state index < -0.39 is 23.7 Å². The van der Waals surface area contributed by atoms with Crippen molar-refractivity contribution in [3.05, 3.63) is 101 Å². The zero-order valence-electron chi connectivity index (χ0n) is 19.8. The van der Waals surface area contributed by atoms with Crippen molar-refractivity contribution in [1.29, 1.82) is 0 Å². The summed E-state index contributed by atoms with van der Waals surface area (Å²) >= 11 is 0. The minimum atomic E-state index is -0.824. The van der Waals surface area contributed by atoms with Gasteiger partial charge in [0.1, 0.15) is 5.75 Å². The second kappa shape index (κ2) is 7.77. The van der Waals surface area contributed by atoms with Gasteiger partial charge >= 0.3 is 5.97 Å². The minimum absolute atomic E-state index is 0.264. The van der Waals surface area contributed by atoms with E-state index in [1.807, 2.05) is 93.6 Å². The molecule has 6 rings (SSSR count). The number of imide groups is 1. The van der Waals surface area contributed by atoms with Crippen LogP contribution in [0.15, 0.2) is 72.8 Å². The summed E-state index contributed by atoms with van der Waals surface area (Å²) in [5.41, 5.74) is 5.90. The molecule has 174 valence electrons. The first-order chi connectivity index (χ1) is 16.8. The van der Waals surface area contributed by atoms with E-state index in [2.05, 4.69) is 0 Å². The van der Waals surface area contributed by atoms with Gasteiger partial charge in [-0.1, -0.05) is 60.7 Å². The van der Waals surface area contributed by atoms with Crippen LogP contribution in [0.2, 0.25) is 0 Å². The Bertz CT molecular complexity index is 1440. The van der Waals surface area contributed by atoms with Gasteiger partial charge in [-0.05, 0) is 60.7 Å². The van der Waals surface area contributed by atoms with Gasteiger partial charge in [-0.2, -0.15) is 0 Å². The SMILES string of the molecule is Cc1ccc2c(c1)OC(=O)[C@@H]1C2=C[C@H](c2ccccc2)[C@@H]2C(=O)N(c3cc(C)ccc3C)C(=O)[C@H]12. The fraction of sp³-hybridized carbons (Fsp3) is 0.233. The molecule has 0 saturated carbocycles. The van der Waals surface area contributed by atoms with Crippen LogP contribution in [0.25, 0.3) is 5.57 Å². The highest BCUT2D eigenvalue weighted by Gasteiger charge is 2.60. The zero-order valence-corrected chi connectivity index (χ0v) is 19.8. The molecule has 2 heterocycles. The third kappa shape index (κ3) is 3.18. The number of hydrogen-bond acceptors (Lipinski definition) is 4. The summed E-state index contributed by atoms with van der Waals surface area (Å²) in [7, 11) is 0. The van der Waals surface area contributed by atoms with E-state index in [-0.39, 0.29) is 17.7 Å². The number of carbonyl (C=O) groups excluding carboxylic acids is 3. The number of amides is 2. The largest absolute Gasteiger partial charge is 0.425 e. The number of hydrogen-bond donors (Lipinski definition) is 0. The molecule has 0 bridgehead atoms. The van der Waals surface area contributed by atoms with E-state index >= 15 is 0 Å². The number of anilines is 1. The lowest BCUT2D eigenvalue weighted by atomic mass is 9.64. The molecular formula is C30H25NO4. The van der Waals surface area contributed by atoms with Crippen molar-refractivity contribution in [2.45, 2.75) is 26.7 Å². The number of esters is 1. The molecule has 3 aliphatic rings. The lowest BCUT2D eigenvalue weighted by Crippen LogP contribution is -2.42. The highest BCUT2D eigenvalue weighted by Crippen LogP contribution is 2.54. The number of aryl methyl sites for hydroxylation is 3. The zero-order chi connectivity index (χ0) is 24.4. The molecule has 0 spiro atoms. The third-order valence-corrected chi connectivity index (χ3v) is 7.54. The summed E-state index contributed by atoms with van der Waals surface area (Å²) in [6, 6.07) is 21.3. The molecule has 3 aromatic rings. The summed E-state index contributed by atoms with van der Waals surface area (Å²) in [4.78, 5) is 42.7. The molecule has 1 fully saturated rings. The number of ether oxygens (including phenoxy) is 1. The second-order valence-electron chi connectivity index (χ2n) is 9.81. The van der Waals surface area contributed by atoms with Crippen LogP contribution in [0.5, 0.6) is 5.75 Å². The maximum Gasteiger partial charge on any atom is 0.319 e. The van der Waals surface area contributed by atoms with E-state index in [1.54, 1.807) is 0 Å². The number of rotatable bonds is 2. The normalized spacial score (nSPS) is 24.9. The van der Waals surface area contributed by atoms with Gasteiger partial charge in [-0.25, -0.2) is 4.90 Å². The highest BCUT2D eigenvalue weighted by atomic mass is 16.5. The maximum absolute atomic E-state index is 14.0. The monoisotopic (exact) mass is 463 g/mol. The first-order valence-corrected chi connectivity index (χ1v) is 11.9. The molecular weight excluding hydrogens is 438 g/mol. The van der Waals surface area contributed by atoms with E-state index in [0.717, 1.165) is 33.4 Å². The van der Waals surface area contributed by atoms with Gasteiger partial charge in [0.25, 0.3) is 0 Å². The van der Waals surface area contributed by atoms with E-state index in [0.29, 0.717) is 11.4 Å². The quantitative estimate of drug-likeness (QED) is 0.300. The minimum Gasteiger partial charge on any atom is -0.425 e. The smallest absolute Gasteiger partial charge is 0.319 e. The van der Waals surface area contributed by atoms with Crippen LogP contribution < -0.4 is 9.64 Å². The van der Waals surface area contributed by atoms with Crippen molar-refractivity contribution >= 4 is 29.0 Å². The van der Waals surface area contributed by atoms with E-state index in [4.69, 9.17) is 4.74 Å². The standard InChI is InChI=1S/C30H25NO4/c1-16-9-11-18(3)23(13-16)31-28(32)25-21(19-7-5-4-6-8-19)15-22-20-12-10-17(2)14-24(20)35-30(34)26(22)27(25)29(31)33/h4-15,21,25-27H,1-3H3/t21-,25+,26-,27+/m1/s1. The van der Waals surface area contributed by atoms with Gasteiger partial charge in [0.2, 0.25) is 11.8 Å². The summed E-state index contributed by atoms with van der Waals surface area (Å²) in [5, 5.41) is 0. The van der Waals surface area contributed by atoms with Crippen LogP contribution in [0.1, 0.15) is 33.7 Å². The fourth-order valence-corrected chi connectivity index (χ4v) is 5.87. The first kappa shape index (κ1) is 21.5. The molecule has 0 aromatic heterocycles. The Balaban J connectivity index is 1.56. The van der Waals surface area contributed by atoms with E-state index in [1.165, 1.54) is 4.90 Å². The summed E-state index contributed by atoms with van der Waals surface area (Å²) in [6.07, 6.45) is 2.02. The Morgan fingerprint density at radius 1 is 0.771 bits per heavy atom. The molecule has 5 nitrogen and oxygen atoms in total. The Hall–Kier alpha value is -3.99. The molecule has 0 N–H and O–H groups in total. The molecule has 3 aromatic carbocycles. The van der Waals surface area contributed by atoms with Crippen molar-refractivity contribution in [3.8, 4) is 5.75 Å². The Labute approximate surface area is 204 Å². The number of allylic oxidation sites excluding steroid dienone is 1. The summed E-state index contributed by atoms with van der Waals surface area (Å²) in [6.45, 7) is 5.77. The number of benzene rings is 3. The predicted octanol–water partition coefficient (Wildman–Crippen LogP) is 5.13. The van der Waals surface area contributed by atoms with Crippen molar-refractivity contribution in [2.24, 2.45) is 17.8 Å². The van der Waals surface area contributed by atoms with Gasteiger partial charge in [0.05, 0.1) is 23.4 Å². The molecule has 2 amide bonds. The van der Waals surface area contributed by atoms with Gasteiger partial charge in [-0.15, -0.1) is 0 Å². The third-order valence-electron chi connectivity index (χ3n) is 7.54. The Kier molecular flexibility index (Phi) is 4.78. The maximum atomic E-state index is 14.0. The summed E-state index contributed by atoms with van der Waals surface area (Å²) in [5.74, 6) is -3.22. The predicted molar refractivity (Wildman–Crippen MR) is 133 cm³/mol. The van der Waals surface area contributed by atoms with Gasteiger partial charge in [0, 0.05) is 11.5 Å². The molecule has 4 atom stereocenters. The van der Waals surface area contributed by atoms with Crippen molar-refractivity contribution < 1.29 is 19.1 Å². The topological polar surface area (TPSA) is 63.7 Å². The Morgan fingerprint density at radius 3 is 2.23 bits per heavy atom. The van der Waals surface area contributed by atoms with Crippen LogP contribution in [-0.2, 0) is 14.4 Å². The van der Waals surface area contributed by atoms with Gasteiger partial charge in [-0.3, -0.25) is 14.4 Å². The summed E-state index contributed by atoms with van der Waals surface area (Å²) < 4.78 is 5.74. The van der Waals surface area contributed by atoms with Gasteiger partial charge < -0.3 is 4.74 Å². The molecule has 0 unspecified atom stereocenters. The van der Waals surface area contributed by atoms with Crippen LogP contribution >= 0.6 is 0 Å². The van der Waals surface area contributed by atoms with Crippen molar-refractivity contribution in [3.63, 3.8) is 0 Å². The molecule has 35 heavy (non-hydrogen) atoms. The Morgan fingerprint density at radius 2 is 1.46 bits per heavy atom. The molecule has 2 aliphatic heterocycles. The molecule has 5 heteroatoms. The average Bonchev–Trinajstić information content (AvgIpc) is 3.10. The number of carbonyl (C=O) groups is 3. The second-order valence-corrected chi connectivity index (χ2v) is 9.81. The molecule has 1 aliphatic carbocycles. The van der Waals surface area contributed by atoms with Gasteiger partial charge in [0.15, 0.2) is 0 Å². The first-order valence-electron chi connectivity index (χ1n) is 11.9. The fourth-order valence-electron chi connectivity index (χ4n) is 5.87. The number of fused-ring (bicyclic) bond motifs is 5. The lowest BCUT2D eigenvalue weighted by Gasteiger charge is -2.38. The molecule has 0 radical (unpaired) electrons. The average molecular weight is 464 g/mol. The lowest BCUT2D eigenvalue weighted by molar-refractivity contribution is -0.142. The van der Waals surface area contributed by atoms with Crippen LogP contribution in [0, 0.1) is 38.5 Å². The van der Waals surface area contributed by atoms with E-state index in [9.17, 15) is 14.4 Å². The van der Waals surface area contributed by atoms with Crippen LogP contribution in [0.4, 0.5) is 5.69 Å². The van der Waals surface area contributed by atoms with Crippen molar-refractivity contribution in [2.75, 3.05) is 4.90 Å². The van der Waals surface area contributed by atoms with Crippen LogP contribution in [-0.4, -0.2) is 17.8 Å². The van der Waals surface area contributed by atoms with Crippen molar-refractivity contribution in [1.82, 2.24) is 0 Å². The molecule has 1 saturated heterocycles.